The summed E-state index contributed by atoms with van der Waals surface area (Å²) in [4.78, 5) is 44.1. The summed E-state index contributed by atoms with van der Waals surface area (Å²) in [7, 11) is 0. The van der Waals surface area contributed by atoms with Gasteiger partial charge in [0.15, 0.2) is 10.9 Å². The lowest BCUT2D eigenvalue weighted by Crippen LogP contribution is -2.27. The number of Topliss-reactive ketones (excluding diaryl/α,β-unsaturated/α-hetero) is 1. The quantitative estimate of drug-likeness (QED) is 0.783. The largest absolute Gasteiger partial charge is 0.294 e. The van der Waals surface area contributed by atoms with Crippen LogP contribution in [0.2, 0.25) is 0 Å². The molecule has 1 aliphatic rings. The van der Waals surface area contributed by atoms with Gasteiger partial charge in [0.1, 0.15) is 0 Å². The molecule has 1 fully saturated rings. The molecule has 0 N–H and O–H groups in total. The van der Waals surface area contributed by atoms with E-state index in [1.54, 1.807) is 6.92 Å². The zero-order chi connectivity index (χ0) is 14.9. The SMILES string of the molecule is CC(=O)SC1CC(=O)N(c2ncc(C(C)=O)c(C)n2)C1. The van der Waals surface area contributed by atoms with Crippen molar-refractivity contribution in [1.82, 2.24) is 9.97 Å². The molecule has 0 saturated carbocycles. The number of carbonyl (C=O) groups excluding carboxylic acids is 3. The van der Waals surface area contributed by atoms with Crippen molar-refractivity contribution < 1.29 is 14.4 Å². The number of anilines is 1. The first-order valence-electron chi connectivity index (χ1n) is 6.20. The van der Waals surface area contributed by atoms with Crippen molar-refractivity contribution in [1.29, 1.82) is 0 Å². The Morgan fingerprint density at radius 3 is 2.65 bits per heavy atom. The molecule has 2 heterocycles. The van der Waals surface area contributed by atoms with Gasteiger partial charge in [-0.25, -0.2) is 9.97 Å². The maximum Gasteiger partial charge on any atom is 0.232 e. The number of ketones is 1. The number of hydrogen-bond donors (Lipinski definition) is 0. The molecule has 106 valence electrons. The topological polar surface area (TPSA) is 80.2 Å². The molecule has 20 heavy (non-hydrogen) atoms. The number of rotatable bonds is 3. The summed E-state index contributed by atoms with van der Waals surface area (Å²) in [5.74, 6) is 0.0923. The molecular weight excluding hydrogens is 278 g/mol. The third-order valence-corrected chi connectivity index (χ3v) is 3.99. The Bertz CT molecular complexity index is 588. The van der Waals surface area contributed by atoms with Gasteiger partial charge < -0.3 is 0 Å². The third-order valence-electron chi connectivity index (χ3n) is 3.01. The zero-order valence-corrected chi connectivity index (χ0v) is 12.4. The lowest BCUT2D eigenvalue weighted by atomic mass is 10.2. The standard InChI is InChI=1S/C13H15N3O3S/c1-7-11(8(2)17)5-14-13(15-7)16-6-10(4-12(16)19)20-9(3)18/h5,10H,4,6H2,1-3H3. The third kappa shape index (κ3) is 3.04. The summed E-state index contributed by atoms with van der Waals surface area (Å²) >= 11 is 1.17. The van der Waals surface area contributed by atoms with E-state index in [4.69, 9.17) is 0 Å². The lowest BCUT2D eigenvalue weighted by Gasteiger charge is -2.15. The van der Waals surface area contributed by atoms with Gasteiger partial charge >= 0.3 is 0 Å². The van der Waals surface area contributed by atoms with Gasteiger partial charge in [0, 0.05) is 31.3 Å². The van der Waals surface area contributed by atoms with Crippen LogP contribution in [0.3, 0.4) is 0 Å². The molecule has 0 aliphatic carbocycles. The second-order valence-electron chi connectivity index (χ2n) is 4.67. The van der Waals surface area contributed by atoms with Gasteiger partial charge in [-0.3, -0.25) is 19.3 Å². The van der Waals surface area contributed by atoms with Crippen molar-refractivity contribution >= 4 is 34.5 Å². The van der Waals surface area contributed by atoms with Gasteiger partial charge in [0.25, 0.3) is 0 Å². The highest BCUT2D eigenvalue weighted by Crippen LogP contribution is 2.27. The molecule has 0 bridgehead atoms. The van der Waals surface area contributed by atoms with E-state index >= 15 is 0 Å². The van der Waals surface area contributed by atoms with Gasteiger partial charge in [0.2, 0.25) is 11.9 Å². The van der Waals surface area contributed by atoms with Crippen LogP contribution >= 0.6 is 11.8 Å². The fraction of sp³-hybridized carbons (Fsp3) is 0.462. The molecule has 1 atom stereocenters. The van der Waals surface area contributed by atoms with Gasteiger partial charge in [-0.1, -0.05) is 11.8 Å². The predicted octanol–water partition coefficient (Wildman–Crippen LogP) is 1.37. The van der Waals surface area contributed by atoms with Crippen molar-refractivity contribution in [2.75, 3.05) is 11.4 Å². The lowest BCUT2D eigenvalue weighted by molar-refractivity contribution is -0.117. The average molecular weight is 293 g/mol. The van der Waals surface area contributed by atoms with Crippen LogP contribution in [0.15, 0.2) is 6.20 Å². The van der Waals surface area contributed by atoms with Crippen molar-refractivity contribution in [2.45, 2.75) is 32.4 Å². The van der Waals surface area contributed by atoms with E-state index in [-0.39, 0.29) is 22.1 Å². The second kappa shape index (κ2) is 5.70. The Kier molecular flexibility index (Phi) is 4.17. The molecule has 0 aromatic carbocycles. The minimum atomic E-state index is -0.105. The van der Waals surface area contributed by atoms with Crippen LogP contribution < -0.4 is 4.90 Å². The summed E-state index contributed by atoms with van der Waals surface area (Å²) in [6.07, 6.45) is 1.75. The molecule has 7 heteroatoms. The molecule has 1 amide bonds. The summed E-state index contributed by atoms with van der Waals surface area (Å²) in [5.41, 5.74) is 1.01. The highest BCUT2D eigenvalue weighted by atomic mass is 32.2. The van der Waals surface area contributed by atoms with E-state index in [1.807, 2.05) is 0 Å². The second-order valence-corrected chi connectivity index (χ2v) is 6.14. The van der Waals surface area contributed by atoms with Crippen molar-refractivity contribution in [3.8, 4) is 0 Å². The minimum Gasteiger partial charge on any atom is -0.294 e. The van der Waals surface area contributed by atoms with Crippen molar-refractivity contribution in [2.24, 2.45) is 0 Å². The van der Waals surface area contributed by atoms with Crippen LogP contribution in [0.1, 0.15) is 36.3 Å². The van der Waals surface area contributed by atoms with Crippen LogP contribution in [-0.4, -0.2) is 38.6 Å². The van der Waals surface area contributed by atoms with E-state index in [2.05, 4.69) is 9.97 Å². The highest BCUT2D eigenvalue weighted by Gasteiger charge is 2.33. The Morgan fingerprint density at radius 1 is 1.40 bits per heavy atom. The Labute approximate surface area is 121 Å². The molecule has 0 radical (unpaired) electrons. The number of amides is 1. The molecule has 1 aromatic heterocycles. The first-order chi connectivity index (χ1) is 9.38. The first-order valence-corrected chi connectivity index (χ1v) is 7.08. The van der Waals surface area contributed by atoms with Crippen LogP contribution in [0.25, 0.3) is 0 Å². The Balaban J connectivity index is 2.20. The van der Waals surface area contributed by atoms with Gasteiger partial charge in [-0.2, -0.15) is 0 Å². The van der Waals surface area contributed by atoms with E-state index in [0.717, 1.165) is 0 Å². The minimum absolute atomic E-state index is 0.00586. The van der Waals surface area contributed by atoms with E-state index in [9.17, 15) is 14.4 Å². The predicted molar refractivity (Wildman–Crippen MR) is 75.8 cm³/mol. The van der Waals surface area contributed by atoms with Crippen LogP contribution in [0.5, 0.6) is 0 Å². The van der Waals surface area contributed by atoms with Crippen LogP contribution in [0.4, 0.5) is 5.95 Å². The van der Waals surface area contributed by atoms with Crippen molar-refractivity contribution in [3.63, 3.8) is 0 Å². The fourth-order valence-electron chi connectivity index (χ4n) is 2.11. The number of carbonyl (C=O) groups is 3. The number of nitrogens with zero attached hydrogens (tertiary/aromatic N) is 3. The Morgan fingerprint density at radius 2 is 2.10 bits per heavy atom. The summed E-state index contributed by atoms with van der Waals surface area (Å²) in [6.45, 7) is 5.07. The first kappa shape index (κ1) is 14.6. The highest BCUT2D eigenvalue weighted by molar-refractivity contribution is 8.14. The Hall–Kier alpha value is -1.76. The van der Waals surface area contributed by atoms with Crippen LogP contribution in [-0.2, 0) is 9.59 Å². The molecule has 1 saturated heterocycles. The molecule has 6 nitrogen and oxygen atoms in total. The number of hydrogen-bond acceptors (Lipinski definition) is 6. The smallest absolute Gasteiger partial charge is 0.232 e. The number of aryl methyl sites for hydroxylation is 1. The maximum atomic E-state index is 12.0. The van der Waals surface area contributed by atoms with Crippen molar-refractivity contribution in [3.05, 3.63) is 17.5 Å². The number of thioether (sulfide) groups is 1. The van der Waals surface area contributed by atoms with E-state index < -0.39 is 0 Å². The maximum absolute atomic E-state index is 12.0. The molecule has 2 rings (SSSR count). The normalized spacial score (nSPS) is 18.4. The summed E-state index contributed by atoms with van der Waals surface area (Å²) < 4.78 is 0. The van der Waals surface area contributed by atoms with E-state index in [1.165, 1.54) is 36.7 Å². The summed E-state index contributed by atoms with van der Waals surface area (Å²) in [5, 5.41) is -0.0648. The fourth-order valence-corrected chi connectivity index (χ4v) is 3.03. The molecule has 0 spiro atoms. The molecule has 1 unspecified atom stereocenters. The monoisotopic (exact) mass is 293 g/mol. The average Bonchev–Trinajstić information content (AvgIpc) is 2.68. The molecular formula is C13H15N3O3S. The number of aromatic nitrogens is 2. The molecule has 1 aromatic rings. The summed E-state index contributed by atoms with van der Waals surface area (Å²) in [6, 6.07) is 0. The van der Waals surface area contributed by atoms with E-state index in [0.29, 0.717) is 30.2 Å². The van der Waals surface area contributed by atoms with Crippen LogP contribution in [0, 0.1) is 6.92 Å². The molecule has 1 aliphatic heterocycles. The van der Waals surface area contributed by atoms with Gasteiger partial charge in [-0.05, 0) is 13.8 Å². The zero-order valence-electron chi connectivity index (χ0n) is 11.5. The van der Waals surface area contributed by atoms with Gasteiger partial charge in [0.05, 0.1) is 11.3 Å². The van der Waals surface area contributed by atoms with Gasteiger partial charge in [-0.15, -0.1) is 0 Å².